The van der Waals surface area contributed by atoms with Gasteiger partial charge in [0, 0.05) is 37.4 Å². The van der Waals surface area contributed by atoms with E-state index in [2.05, 4.69) is 18.5 Å². The number of carbonyl (C=O) groups is 3. The van der Waals surface area contributed by atoms with E-state index in [1.165, 1.54) is 0 Å². The average Bonchev–Trinajstić information content (AvgIpc) is 2.96. The largest absolute Gasteiger partial charge is 0.463 e. The van der Waals surface area contributed by atoms with E-state index >= 15 is 0 Å². The van der Waals surface area contributed by atoms with Gasteiger partial charge in [-0.05, 0) is 30.4 Å². The van der Waals surface area contributed by atoms with Gasteiger partial charge in [-0.1, -0.05) is 72.8 Å². The number of aliphatic hydroxyl groups excluding tert-OH is 1. The molecule has 2 N–H and O–H groups in total. The molecule has 0 bridgehead atoms. The van der Waals surface area contributed by atoms with E-state index in [9.17, 15) is 19.5 Å². The van der Waals surface area contributed by atoms with Crippen LogP contribution in [0, 0.1) is 5.92 Å². The molecule has 0 saturated heterocycles. The predicted octanol–water partition coefficient (Wildman–Crippen LogP) is 4.91. The molecule has 2 aromatic carbocycles. The number of amides is 2. The van der Waals surface area contributed by atoms with E-state index in [1.807, 2.05) is 60.7 Å². The number of rotatable bonds is 20. The van der Waals surface area contributed by atoms with E-state index < -0.39 is 12.0 Å². The van der Waals surface area contributed by atoms with Crippen LogP contribution in [0.15, 0.2) is 86.0 Å². The first-order valence-electron chi connectivity index (χ1n) is 13.7. The number of carbonyl (C=O) groups excluding carboxylic acids is 3. The van der Waals surface area contributed by atoms with Crippen LogP contribution in [0.25, 0.3) is 0 Å². The molecule has 0 aliphatic rings. The van der Waals surface area contributed by atoms with Gasteiger partial charge in [-0.2, -0.15) is 11.8 Å². The van der Waals surface area contributed by atoms with Crippen molar-refractivity contribution in [3.8, 4) is 0 Å². The fraction of sp³-hybridized carbons (Fsp3) is 0.406. The zero-order valence-electron chi connectivity index (χ0n) is 23.2. The van der Waals surface area contributed by atoms with Gasteiger partial charge in [0.1, 0.15) is 6.61 Å². The molecule has 2 rings (SSSR count). The first-order chi connectivity index (χ1) is 19.5. The fourth-order valence-corrected chi connectivity index (χ4v) is 5.05. The number of nitrogens with zero attached hydrogens (tertiary/aromatic N) is 1. The van der Waals surface area contributed by atoms with Crippen LogP contribution in [-0.4, -0.2) is 59.3 Å². The number of aliphatic hydroxyl groups is 1. The monoisotopic (exact) mass is 566 g/mol. The molecule has 2 aromatic rings. The smallest absolute Gasteiger partial charge is 0.305 e. The van der Waals surface area contributed by atoms with Crippen LogP contribution < -0.4 is 5.32 Å². The molecule has 0 aliphatic carbocycles. The highest BCUT2D eigenvalue weighted by atomic mass is 32.2. The summed E-state index contributed by atoms with van der Waals surface area (Å²) in [6.45, 7) is 7.85. The lowest BCUT2D eigenvalue weighted by Gasteiger charge is -2.26. The minimum absolute atomic E-state index is 0.0180. The van der Waals surface area contributed by atoms with Crippen LogP contribution in [-0.2, 0) is 31.4 Å². The number of thioether (sulfide) groups is 1. The fourth-order valence-electron chi connectivity index (χ4n) is 4.04. The third kappa shape index (κ3) is 13.1. The Morgan fingerprint density at radius 2 is 1.68 bits per heavy atom. The van der Waals surface area contributed by atoms with Crippen LogP contribution in [0.1, 0.15) is 43.2 Å². The summed E-state index contributed by atoms with van der Waals surface area (Å²) in [5, 5.41) is 12.5. The van der Waals surface area contributed by atoms with E-state index in [4.69, 9.17) is 4.74 Å². The number of allylic oxidation sites excluding steroid dienone is 2. The molecule has 0 fully saturated rings. The average molecular weight is 567 g/mol. The quantitative estimate of drug-likeness (QED) is 0.134. The SMILES string of the molecule is C=CCCCC(=O)OC[C@H](CSCc1ccccc1)NC(=O)[C@H](CC=C)CC(=O)N(CCO)Cc1ccccc1. The summed E-state index contributed by atoms with van der Waals surface area (Å²) >= 11 is 1.64. The summed E-state index contributed by atoms with van der Waals surface area (Å²) in [5.41, 5.74) is 2.11. The Hall–Kier alpha value is -3.36. The van der Waals surface area contributed by atoms with Gasteiger partial charge in [0.15, 0.2) is 0 Å². The number of esters is 1. The molecule has 0 unspecified atom stereocenters. The number of hydrogen-bond donors (Lipinski definition) is 2. The van der Waals surface area contributed by atoms with Crippen LogP contribution in [0.5, 0.6) is 0 Å². The Balaban J connectivity index is 2.03. The van der Waals surface area contributed by atoms with E-state index in [-0.39, 0.29) is 44.0 Å². The van der Waals surface area contributed by atoms with Gasteiger partial charge in [0.05, 0.1) is 18.6 Å². The highest BCUT2D eigenvalue weighted by Crippen LogP contribution is 2.17. The number of unbranched alkanes of at least 4 members (excludes halogenated alkanes) is 1. The molecular weight excluding hydrogens is 524 g/mol. The Morgan fingerprint density at radius 1 is 1.00 bits per heavy atom. The molecule has 0 aromatic heterocycles. The van der Waals surface area contributed by atoms with Gasteiger partial charge in [0.25, 0.3) is 0 Å². The zero-order valence-corrected chi connectivity index (χ0v) is 24.0. The lowest BCUT2D eigenvalue weighted by molar-refractivity contribution is -0.145. The van der Waals surface area contributed by atoms with E-state index in [0.29, 0.717) is 31.6 Å². The van der Waals surface area contributed by atoms with Gasteiger partial charge in [0.2, 0.25) is 11.8 Å². The first kappa shape index (κ1) is 32.8. The van der Waals surface area contributed by atoms with Crippen molar-refractivity contribution in [2.75, 3.05) is 25.5 Å². The van der Waals surface area contributed by atoms with Crippen LogP contribution in [0.2, 0.25) is 0 Å². The van der Waals surface area contributed by atoms with Crippen molar-refractivity contribution in [3.63, 3.8) is 0 Å². The normalized spacial score (nSPS) is 12.1. The maximum absolute atomic E-state index is 13.4. The van der Waals surface area contributed by atoms with Crippen molar-refractivity contribution in [2.45, 2.75) is 50.4 Å². The second-order valence-electron chi connectivity index (χ2n) is 9.52. The van der Waals surface area contributed by atoms with E-state index in [0.717, 1.165) is 23.3 Å². The molecule has 0 spiro atoms. The lowest BCUT2D eigenvalue weighted by Crippen LogP contribution is -2.45. The zero-order chi connectivity index (χ0) is 29.0. The van der Waals surface area contributed by atoms with E-state index in [1.54, 1.807) is 28.8 Å². The van der Waals surface area contributed by atoms with Crippen molar-refractivity contribution in [1.29, 1.82) is 0 Å². The maximum Gasteiger partial charge on any atom is 0.305 e. The summed E-state index contributed by atoms with van der Waals surface area (Å²) in [7, 11) is 0. The number of ether oxygens (including phenoxy) is 1. The Kier molecular flexibility index (Phi) is 16.1. The van der Waals surface area contributed by atoms with Crippen LogP contribution in [0.3, 0.4) is 0 Å². The minimum Gasteiger partial charge on any atom is -0.463 e. The molecule has 0 radical (unpaired) electrons. The molecule has 0 aliphatic heterocycles. The van der Waals surface area contributed by atoms with Crippen molar-refractivity contribution in [1.82, 2.24) is 10.2 Å². The Labute approximate surface area is 242 Å². The summed E-state index contributed by atoms with van der Waals surface area (Å²) in [4.78, 5) is 40.3. The summed E-state index contributed by atoms with van der Waals surface area (Å²) in [6, 6.07) is 19.1. The molecule has 8 heteroatoms. The van der Waals surface area contributed by atoms with Gasteiger partial charge in [-0.25, -0.2) is 0 Å². The molecule has 0 heterocycles. The first-order valence-corrected chi connectivity index (χ1v) is 14.8. The van der Waals surface area contributed by atoms with Gasteiger partial charge in [-0.15, -0.1) is 13.2 Å². The third-order valence-electron chi connectivity index (χ3n) is 6.19. The molecule has 7 nitrogen and oxygen atoms in total. The van der Waals surface area contributed by atoms with Crippen molar-refractivity contribution < 1.29 is 24.2 Å². The van der Waals surface area contributed by atoms with Gasteiger partial charge in [-0.3, -0.25) is 14.4 Å². The molecule has 216 valence electrons. The number of nitrogens with one attached hydrogen (secondary N) is 1. The number of hydrogen-bond acceptors (Lipinski definition) is 6. The van der Waals surface area contributed by atoms with Gasteiger partial charge >= 0.3 is 5.97 Å². The highest BCUT2D eigenvalue weighted by Gasteiger charge is 2.26. The highest BCUT2D eigenvalue weighted by molar-refractivity contribution is 7.98. The Bertz CT molecular complexity index is 1050. The number of benzene rings is 2. The standard InChI is InChI=1S/C32H42N2O5S/c1-3-5-8-18-31(37)39-23-29(25-40-24-27-16-11-7-12-17-27)33-32(38)28(13-4-2)21-30(36)34(19-20-35)22-26-14-9-6-10-15-26/h3-4,6-7,9-12,14-17,28-29,35H,1-2,5,8,13,18-25H2,(H,33,38)/t28-,29-/m1/s1. The van der Waals surface area contributed by atoms with Crippen LogP contribution in [0.4, 0.5) is 0 Å². The Morgan fingerprint density at radius 3 is 2.30 bits per heavy atom. The van der Waals surface area contributed by atoms with Crippen molar-refractivity contribution in [3.05, 3.63) is 97.1 Å². The maximum atomic E-state index is 13.4. The molecule has 2 atom stereocenters. The van der Waals surface area contributed by atoms with Crippen molar-refractivity contribution in [2.24, 2.45) is 5.92 Å². The van der Waals surface area contributed by atoms with Crippen LogP contribution >= 0.6 is 11.8 Å². The third-order valence-corrected chi connectivity index (χ3v) is 7.37. The molecular formula is C32H42N2O5S. The molecule has 40 heavy (non-hydrogen) atoms. The second-order valence-corrected chi connectivity index (χ2v) is 10.6. The summed E-state index contributed by atoms with van der Waals surface area (Å²) < 4.78 is 5.49. The second kappa shape index (κ2) is 19.7. The minimum atomic E-state index is -0.633. The molecule has 0 saturated carbocycles. The van der Waals surface area contributed by atoms with Gasteiger partial charge < -0.3 is 20.1 Å². The topological polar surface area (TPSA) is 95.9 Å². The predicted molar refractivity (Wildman–Crippen MR) is 161 cm³/mol. The summed E-state index contributed by atoms with van der Waals surface area (Å²) in [5.74, 6) is -0.155. The lowest BCUT2D eigenvalue weighted by atomic mass is 9.98. The van der Waals surface area contributed by atoms with Crippen molar-refractivity contribution >= 4 is 29.5 Å². The summed E-state index contributed by atoms with van der Waals surface area (Å²) in [6.07, 6.45) is 5.38. The molecule has 2 amide bonds.